The molecule has 0 aliphatic carbocycles. The number of phosphoric acid groups is 1. The quantitative estimate of drug-likeness (QED) is 0.0211. The Labute approximate surface area is 418 Å². The van der Waals surface area contributed by atoms with E-state index < -0.39 is 26.5 Å². The molecule has 0 radical (unpaired) electrons. The Morgan fingerprint density at radius 3 is 1.28 bits per heavy atom. The fraction of sp³-hybridized carbons (Fsp3) is 0.759. The summed E-state index contributed by atoms with van der Waals surface area (Å²) < 4.78 is 34.4. The van der Waals surface area contributed by atoms with Crippen molar-refractivity contribution >= 4 is 19.8 Å². The van der Waals surface area contributed by atoms with E-state index in [4.69, 9.17) is 18.5 Å². The zero-order chi connectivity index (χ0) is 49.9. The van der Waals surface area contributed by atoms with Gasteiger partial charge in [0, 0.05) is 12.8 Å². The van der Waals surface area contributed by atoms with Gasteiger partial charge in [0.25, 0.3) is 0 Å². The van der Waals surface area contributed by atoms with Crippen molar-refractivity contribution in [2.24, 2.45) is 0 Å². The highest BCUT2D eigenvalue weighted by atomic mass is 31.2. The molecule has 68 heavy (non-hydrogen) atoms. The molecule has 0 aliphatic rings. The number of phosphoric ester groups is 1. The minimum absolute atomic E-state index is 0.0214. The van der Waals surface area contributed by atoms with Gasteiger partial charge >= 0.3 is 19.8 Å². The number of unbranched alkanes of at least 4 members (excludes halogenated alkanes) is 24. The highest BCUT2D eigenvalue weighted by molar-refractivity contribution is 7.47. The first kappa shape index (κ1) is 65.5. The second-order valence-electron chi connectivity index (χ2n) is 19.6. The molecular weight excluding hydrogens is 870 g/mol. The number of carbonyl (C=O) groups excluding carboxylic acids is 2. The minimum atomic E-state index is -4.40. The van der Waals surface area contributed by atoms with Crippen molar-refractivity contribution in [3.05, 3.63) is 72.9 Å². The van der Waals surface area contributed by atoms with Crippen molar-refractivity contribution in [3.8, 4) is 0 Å². The summed E-state index contributed by atoms with van der Waals surface area (Å²) in [7, 11) is 1.45. The molecule has 0 aliphatic heterocycles. The summed E-state index contributed by atoms with van der Waals surface area (Å²) >= 11 is 0. The van der Waals surface area contributed by atoms with Crippen LogP contribution in [0.2, 0.25) is 0 Å². The lowest BCUT2D eigenvalue weighted by Gasteiger charge is -2.24. The fourth-order valence-corrected chi connectivity index (χ4v) is 8.19. The van der Waals surface area contributed by atoms with Crippen molar-refractivity contribution in [3.63, 3.8) is 0 Å². The van der Waals surface area contributed by atoms with Crippen LogP contribution in [0.3, 0.4) is 0 Å². The summed E-state index contributed by atoms with van der Waals surface area (Å²) in [5, 5.41) is 0. The van der Waals surface area contributed by atoms with Crippen LogP contribution in [0.15, 0.2) is 72.9 Å². The number of esters is 2. The Balaban J connectivity index is 4.12. The van der Waals surface area contributed by atoms with Crippen LogP contribution in [-0.2, 0) is 32.7 Å². The fourth-order valence-electron chi connectivity index (χ4n) is 7.45. The molecule has 0 bridgehead atoms. The normalized spacial score (nSPS) is 13.9. The van der Waals surface area contributed by atoms with Gasteiger partial charge in [-0.3, -0.25) is 18.6 Å². The molecule has 0 heterocycles. The number of hydrogen-bond acceptors (Lipinski definition) is 7. The van der Waals surface area contributed by atoms with E-state index >= 15 is 0 Å². The molecule has 0 rings (SSSR count). The third-order valence-corrected chi connectivity index (χ3v) is 12.7. The first-order valence-electron chi connectivity index (χ1n) is 27.7. The molecule has 9 nitrogen and oxygen atoms in total. The molecule has 0 aromatic rings. The van der Waals surface area contributed by atoms with Gasteiger partial charge in [-0.2, -0.15) is 0 Å². The summed E-state index contributed by atoms with van der Waals surface area (Å²) in [5.74, 6) is -0.845. The van der Waals surface area contributed by atoms with Crippen LogP contribution in [0.1, 0.15) is 232 Å². The SMILES string of the molecule is CC/C=C\C/C=C\C/C=C\C/C=C\CCCCC(=O)OC(COC(=O)CCCCCCCCCCCCCCCCCCC/C=C\C/C=C\CCCCCCC)COP(=O)(O)OCC[N+](C)(C)C. The molecular formula is C58H105NO8P+. The van der Waals surface area contributed by atoms with Gasteiger partial charge in [-0.15, -0.1) is 0 Å². The predicted molar refractivity (Wildman–Crippen MR) is 289 cm³/mol. The Kier molecular flexibility index (Phi) is 47.6. The van der Waals surface area contributed by atoms with Crippen LogP contribution in [0.5, 0.6) is 0 Å². The summed E-state index contributed by atoms with van der Waals surface area (Å²) in [4.78, 5) is 35.6. The first-order valence-corrected chi connectivity index (χ1v) is 29.2. The first-order chi connectivity index (χ1) is 33.0. The number of quaternary nitrogens is 1. The lowest BCUT2D eigenvalue weighted by atomic mass is 10.0. The van der Waals surface area contributed by atoms with Crippen molar-refractivity contribution < 1.29 is 42.1 Å². The second kappa shape index (κ2) is 49.4. The van der Waals surface area contributed by atoms with E-state index in [1.54, 1.807) is 0 Å². The third-order valence-electron chi connectivity index (χ3n) is 11.7. The molecule has 0 saturated carbocycles. The van der Waals surface area contributed by atoms with E-state index in [0.29, 0.717) is 17.4 Å². The van der Waals surface area contributed by atoms with E-state index in [0.717, 1.165) is 64.2 Å². The molecule has 10 heteroatoms. The summed E-state index contributed by atoms with van der Waals surface area (Å²) in [6.45, 7) is 4.26. The molecule has 2 unspecified atom stereocenters. The third kappa shape index (κ3) is 52.8. The number of allylic oxidation sites excluding steroid dienone is 12. The molecule has 0 saturated heterocycles. The second-order valence-corrected chi connectivity index (χ2v) is 21.0. The topological polar surface area (TPSA) is 108 Å². The van der Waals surface area contributed by atoms with Crippen LogP contribution < -0.4 is 0 Å². The molecule has 0 fully saturated rings. The summed E-state index contributed by atoms with van der Waals surface area (Å²) in [6, 6.07) is 0. The lowest BCUT2D eigenvalue weighted by molar-refractivity contribution is -0.870. The largest absolute Gasteiger partial charge is 0.472 e. The van der Waals surface area contributed by atoms with Crippen LogP contribution >= 0.6 is 7.82 Å². The molecule has 394 valence electrons. The Hall–Kier alpha value is -2.55. The van der Waals surface area contributed by atoms with Crippen LogP contribution in [0.4, 0.5) is 0 Å². The van der Waals surface area contributed by atoms with Crippen molar-refractivity contribution in [1.82, 2.24) is 0 Å². The van der Waals surface area contributed by atoms with Crippen LogP contribution in [0.25, 0.3) is 0 Å². The van der Waals surface area contributed by atoms with E-state index in [1.807, 2.05) is 21.1 Å². The minimum Gasteiger partial charge on any atom is -0.462 e. The summed E-state index contributed by atoms with van der Waals surface area (Å²) in [6.07, 6.45) is 64.1. The zero-order valence-electron chi connectivity index (χ0n) is 44.6. The Morgan fingerprint density at radius 1 is 0.471 bits per heavy atom. The van der Waals surface area contributed by atoms with E-state index in [2.05, 4.69) is 86.8 Å². The van der Waals surface area contributed by atoms with Gasteiger partial charge in [-0.05, 0) is 83.5 Å². The Morgan fingerprint density at radius 2 is 0.838 bits per heavy atom. The number of likely N-dealkylation sites (N-methyl/N-ethyl adjacent to an activating group) is 1. The van der Waals surface area contributed by atoms with Gasteiger partial charge in [0.2, 0.25) is 0 Å². The lowest BCUT2D eigenvalue weighted by Crippen LogP contribution is -2.37. The molecule has 1 N–H and O–H groups in total. The van der Waals surface area contributed by atoms with Crippen molar-refractivity contribution in [2.75, 3.05) is 47.5 Å². The van der Waals surface area contributed by atoms with E-state index in [1.165, 1.54) is 135 Å². The maximum Gasteiger partial charge on any atom is 0.472 e. The van der Waals surface area contributed by atoms with Crippen LogP contribution in [0, 0.1) is 0 Å². The molecule has 2 atom stereocenters. The molecule has 0 amide bonds. The van der Waals surface area contributed by atoms with E-state index in [-0.39, 0.29) is 32.0 Å². The zero-order valence-corrected chi connectivity index (χ0v) is 45.5. The number of ether oxygens (including phenoxy) is 2. The number of hydrogen-bond donors (Lipinski definition) is 1. The highest BCUT2D eigenvalue weighted by Gasteiger charge is 2.27. The average molecular weight is 975 g/mol. The van der Waals surface area contributed by atoms with Gasteiger partial charge in [-0.25, -0.2) is 4.57 Å². The highest BCUT2D eigenvalue weighted by Crippen LogP contribution is 2.43. The van der Waals surface area contributed by atoms with Gasteiger partial charge in [0.15, 0.2) is 6.10 Å². The van der Waals surface area contributed by atoms with Crippen molar-refractivity contribution in [2.45, 2.75) is 238 Å². The molecule has 0 spiro atoms. The maximum absolute atomic E-state index is 12.7. The molecule has 0 aromatic carbocycles. The smallest absolute Gasteiger partial charge is 0.462 e. The van der Waals surface area contributed by atoms with Crippen molar-refractivity contribution in [1.29, 1.82) is 0 Å². The summed E-state index contributed by atoms with van der Waals surface area (Å²) in [5.41, 5.74) is 0. The Bertz CT molecular complexity index is 1380. The van der Waals surface area contributed by atoms with Gasteiger partial charge in [-0.1, -0.05) is 209 Å². The van der Waals surface area contributed by atoms with Gasteiger partial charge in [0.1, 0.15) is 19.8 Å². The number of carbonyl (C=O) groups is 2. The maximum atomic E-state index is 12.7. The predicted octanol–water partition coefficient (Wildman–Crippen LogP) is 16.9. The molecule has 0 aromatic heterocycles. The standard InChI is InChI=1S/C58H104NO8P/c1-6-8-10-12-14-16-18-20-22-23-24-25-26-27-28-29-30-31-32-33-34-35-37-38-40-42-44-46-48-50-57(60)64-54-56(55-66-68(62,63)65-53-52-59(3,4)5)67-58(61)51-49-47-45-43-41-39-36-21-19-17-15-13-11-9-7-2/h9,11,15,17-18,20-21,23-24,36,41,43,56H,6-8,10,12-14,16,19,22,25-35,37-40,42,44-55H2,1-5H3/p+1/b11-9-,17-15-,20-18-,24-23-,36-21-,43-41-. The number of nitrogens with zero attached hydrogens (tertiary/aromatic N) is 1. The average Bonchev–Trinajstić information content (AvgIpc) is 3.30. The van der Waals surface area contributed by atoms with Gasteiger partial charge in [0.05, 0.1) is 27.7 Å². The number of rotatable bonds is 50. The van der Waals surface area contributed by atoms with Crippen LogP contribution in [-0.4, -0.2) is 74.9 Å². The van der Waals surface area contributed by atoms with Gasteiger partial charge < -0.3 is 18.9 Å². The van der Waals surface area contributed by atoms with E-state index in [9.17, 15) is 19.0 Å². The monoisotopic (exact) mass is 975 g/mol.